The number of benzene rings is 1. The molecule has 4 nitrogen and oxygen atoms in total. The number of halogens is 1. The van der Waals surface area contributed by atoms with Crippen molar-refractivity contribution in [1.29, 1.82) is 0 Å². The SMILES string of the molecule is COCCN(CCO)C(=O)C1(c2ccc(Br)cc2)CC1. The molecule has 2 rings (SSSR count). The Hall–Kier alpha value is -0.910. The highest BCUT2D eigenvalue weighted by Gasteiger charge is 2.52. The van der Waals surface area contributed by atoms with E-state index in [1.807, 2.05) is 24.3 Å². The molecule has 0 heterocycles. The smallest absolute Gasteiger partial charge is 0.233 e. The highest BCUT2D eigenvalue weighted by Crippen LogP contribution is 2.49. The van der Waals surface area contributed by atoms with Crippen LogP contribution in [0.5, 0.6) is 0 Å². The fraction of sp³-hybridized carbons (Fsp3) is 0.533. The third-order valence-electron chi connectivity index (χ3n) is 3.78. The van der Waals surface area contributed by atoms with Gasteiger partial charge in [-0.05, 0) is 30.5 Å². The fourth-order valence-corrected chi connectivity index (χ4v) is 2.72. The Kier molecular flexibility index (Phi) is 5.18. The molecule has 0 aromatic heterocycles. The van der Waals surface area contributed by atoms with Crippen molar-refractivity contribution >= 4 is 21.8 Å². The Bertz CT molecular complexity index is 457. The van der Waals surface area contributed by atoms with Gasteiger partial charge in [0.2, 0.25) is 5.91 Å². The fourth-order valence-electron chi connectivity index (χ4n) is 2.46. The van der Waals surface area contributed by atoms with Crippen molar-refractivity contribution in [2.75, 3.05) is 33.4 Å². The standard InChI is InChI=1S/C15H20BrNO3/c1-20-11-9-17(8-10-18)14(19)15(6-7-15)12-2-4-13(16)5-3-12/h2-5,18H,6-11H2,1H3. The summed E-state index contributed by atoms with van der Waals surface area (Å²) in [5, 5.41) is 9.14. The second-order valence-electron chi connectivity index (χ2n) is 5.10. The maximum Gasteiger partial charge on any atom is 0.233 e. The molecule has 1 N–H and O–H groups in total. The number of aliphatic hydroxyl groups excluding tert-OH is 1. The quantitative estimate of drug-likeness (QED) is 0.824. The van der Waals surface area contributed by atoms with Crippen molar-refractivity contribution in [3.05, 3.63) is 34.3 Å². The van der Waals surface area contributed by atoms with Crippen LogP contribution < -0.4 is 0 Å². The first kappa shape index (κ1) is 15.5. The van der Waals surface area contributed by atoms with Crippen LogP contribution in [0.4, 0.5) is 0 Å². The summed E-state index contributed by atoms with van der Waals surface area (Å²) in [7, 11) is 1.61. The summed E-state index contributed by atoms with van der Waals surface area (Å²) in [5.41, 5.74) is 0.676. The Morgan fingerprint density at radius 1 is 1.35 bits per heavy atom. The summed E-state index contributed by atoms with van der Waals surface area (Å²) in [6, 6.07) is 7.94. The van der Waals surface area contributed by atoms with Crippen molar-refractivity contribution in [2.24, 2.45) is 0 Å². The molecule has 0 atom stereocenters. The molecule has 5 heteroatoms. The first-order valence-electron chi connectivity index (χ1n) is 6.79. The number of amides is 1. The third-order valence-corrected chi connectivity index (χ3v) is 4.31. The molecule has 1 aliphatic rings. The van der Waals surface area contributed by atoms with Gasteiger partial charge in [0, 0.05) is 24.7 Å². The van der Waals surface area contributed by atoms with Gasteiger partial charge in [0.25, 0.3) is 0 Å². The van der Waals surface area contributed by atoms with Crippen LogP contribution in [-0.2, 0) is 14.9 Å². The minimum absolute atomic E-state index is 0.0220. The Labute approximate surface area is 127 Å². The molecule has 1 saturated carbocycles. The predicted molar refractivity (Wildman–Crippen MR) is 80.6 cm³/mol. The largest absolute Gasteiger partial charge is 0.395 e. The molecular weight excluding hydrogens is 322 g/mol. The van der Waals surface area contributed by atoms with Gasteiger partial charge in [0.15, 0.2) is 0 Å². The summed E-state index contributed by atoms with van der Waals surface area (Å²) in [5.74, 6) is 0.103. The van der Waals surface area contributed by atoms with E-state index >= 15 is 0 Å². The van der Waals surface area contributed by atoms with Gasteiger partial charge in [-0.2, -0.15) is 0 Å². The molecule has 0 radical (unpaired) electrons. The van der Waals surface area contributed by atoms with E-state index in [1.165, 1.54) is 0 Å². The van der Waals surface area contributed by atoms with Crippen molar-refractivity contribution in [3.63, 3.8) is 0 Å². The van der Waals surface area contributed by atoms with Crippen LogP contribution in [0.2, 0.25) is 0 Å². The van der Waals surface area contributed by atoms with Gasteiger partial charge in [0.1, 0.15) is 0 Å². The van der Waals surface area contributed by atoms with E-state index in [4.69, 9.17) is 9.84 Å². The molecular formula is C15H20BrNO3. The highest BCUT2D eigenvalue weighted by atomic mass is 79.9. The number of ether oxygens (including phenoxy) is 1. The summed E-state index contributed by atoms with van der Waals surface area (Å²) < 4.78 is 6.05. The molecule has 110 valence electrons. The highest BCUT2D eigenvalue weighted by molar-refractivity contribution is 9.10. The number of hydrogen-bond acceptors (Lipinski definition) is 3. The average molecular weight is 342 g/mol. The van der Waals surface area contributed by atoms with Crippen LogP contribution in [-0.4, -0.2) is 49.3 Å². The van der Waals surface area contributed by atoms with Crippen LogP contribution >= 0.6 is 15.9 Å². The Morgan fingerprint density at radius 3 is 2.50 bits per heavy atom. The lowest BCUT2D eigenvalue weighted by atomic mass is 9.94. The molecule has 1 fully saturated rings. The first-order valence-corrected chi connectivity index (χ1v) is 7.58. The van der Waals surface area contributed by atoms with E-state index in [0.29, 0.717) is 19.7 Å². The van der Waals surface area contributed by atoms with Crippen molar-refractivity contribution in [3.8, 4) is 0 Å². The van der Waals surface area contributed by atoms with Gasteiger partial charge in [-0.3, -0.25) is 4.79 Å². The normalized spacial score (nSPS) is 15.9. The monoisotopic (exact) mass is 341 g/mol. The van der Waals surface area contributed by atoms with Gasteiger partial charge < -0.3 is 14.7 Å². The van der Waals surface area contributed by atoms with Crippen LogP contribution in [0.3, 0.4) is 0 Å². The molecule has 0 aliphatic heterocycles. The van der Waals surface area contributed by atoms with Crippen LogP contribution in [0.1, 0.15) is 18.4 Å². The van der Waals surface area contributed by atoms with Crippen LogP contribution in [0, 0.1) is 0 Å². The van der Waals surface area contributed by atoms with E-state index in [0.717, 1.165) is 22.9 Å². The van der Waals surface area contributed by atoms with Crippen molar-refractivity contribution < 1.29 is 14.6 Å². The Morgan fingerprint density at radius 2 is 2.00 bits per heavy atom. The number of carbonyl (C=O) groups excluding carboxylic acids is 1. The maximum absolute atomic E-state index is 12.8. The summed E-state index contributed by atoms with van der Waals surface area (Å²) in [6.45, 7) is 1.35. The number of rotatable bonds is 7. The molecule has 0 unspecified atom stereocenters. The number of methoxy groups -OCH3 is 1. The Balaban J connectivity index is 2.15. The zero-order valence-electron chi connectivity index (χ0n) is 11.6. The van der Waals surface area contributed by atoms with Gasteiger partial charge in [-0.25, -0.2) is 0 Å². The molecule has 1 aromatic rings. The summed E-state index contributed by atoms with van der Waals surface area (Å²) >= 11 is 3.41. The topological polar surface area (TPSA) is 49.8 Å². The van der Waals surface area contributed by atoms with Gasteiger partial charge in [-0.1, -0.05) is 28.1 Å². The second-order valence-corrected chi connectivity index (χ2v) is 6.01. The summed E-state index contributed by atoms with van der Waals surface area (Å²) in [6.07, 6.45) is 1.75. The van der Waals surface area contributed by atoms with E-state index in [-0.39, 0.29) is 17.9 Å². The molecule has 0 saturated heterocycles. The second kappa shape index (κ2) is 6.70. The number of hydrogen-bond donors (Lipinski definition) is 1. The zero-order chi connectivity index (χ0) is 14.6. The third kappa shape index (κ3) is 3.22. The zero-order valence-corrected chi connectivity index (χ0v) is 13.2. The maximum atomic E-state index is 12.8. The minimum atomic E-state index is -0.385. The lowest BCUT2D eigenvalue weighted by molar-refractivity contribution is -0.135. The van der Waals surface area contributed by atoms with Crippen LogP contribution in [0.25, 0.3) is 0 Å². The lowest BCUT2D eigenvalue weighted by Gasteiger charge is -2.27. The first-order chi connectivity index (χ1) is 9.64. The van der Waals surface area contributed by atoms with Gasteiger partial charge in [-0.15, -0.1) is 0 Å². The average Bonchev–Trinajstić information content (AvgIpc) is 3.25. The van der Waals surface area contributed by atoms with E-state index < -0.39 is 0 Å². The molecule has 1 aliphatic carbocycles. The molecule has 20 heavy (non-hydrogen) atoms. The predicted octanol–water partition coefficient (Wildman–Crippen LogP) is 1.95. The van der Waals surface area contributed by atoms with E-state index in [1.54, 1.807) is 12.0 Å². The number of aliphatic hydroxyl groups is 1. The molecule has 1 aromatic carbocycles. The molecule has 0 bridgehead atoms. The number of nitrogens with zero attached hydrogens (tertiary/aromatic N) is 1. The van der Waals surface area contributed by atoms with E-state index in [9.17, 15) is 4.79 Å². The summed E-state index contributed by atoms with van der Waals surface area (Å²) in [4.78, 5) is 14.5. The van der Waals surface area contributed by atoms with Crippen molar-refractivity contribution in [2.45, 2.75) is 18.3 Å². The van der Waals surface area contributed by atoms with Gasteiger partial charge >= 0.3 is 0 Å². The molecule has 1 amide bonds. The molecule has 0 spiro atoms. The number of carbonyl (C=O) groups is 1. The van der Waals surface area contributed by atoms with Crippen molar-refractivity contribution in [1.82, 2.24) is 4.90 Å². The van der Waals surface area contributed by atoms with Crippen LogP contribution in [0.15, 0.2) is 28.7 Å². The minimum Gasteiger partial charge on any atom is -0.395 e. The lowest BCUT2D eigenvalue weighted by Crippen LogP contribution is -2.42. The van der Waals surface area contributed by atoms with Gasteiger partial charge in [0.05, 0.1) is 18.6 Å². The van der Waals surface area contributed by atoms with E-state index in [2.05, 4.69) is 15.9 Å².